The van der Waals surface area contributed by atoms with Crippen molar-refractivity contribution in [2.24, 2.45) is 0 Å². The molecule has 0 aliphatic rings. The summed E-state index contributed by atoms with van der Waals surface area (Å²) in [7, 11) is 0. The molecule has 4 rings (SSSR count). The molecule has 1 amide bonds. The summed E-state index contributed by atoms with van der Waals surface area (Å²) in [5.74, 6) is 0.536. The van der Waals surface area contributed by atoms with Crippen LogP contribution in [0.4, 0.5) is 5.69 Å². The number of nitrogens with one attached hydrogen (secondary N) is 1. The van der Waals surface area contributed by atoms with E-state index in [1.807, 2.05) is 74.5 Å². The van der Waals surface area contributed by atoms with Gasteiger partial charge in [-0.2, -0.15) is 0 Å². The van der Waals surface area contributed by atoms with Crippen LogP contribution in [0.15, 0.2) is 65.1 Å². The van der Waals surface area contributed by atoms with Crippen molar-refractivity contribution in [3.05, 3.63) is 71.8 Å². The van der Waals surface area contributed by atoms with Crippen molar-refractivity contribution in [3.63, 3.8) is 0 Å². The SMILES string of the molecule is CC[C@@H](Oc1ccc(C)c(C)c1)C(=O)Nc1ccc2c(c1)oc1ccccc12. The molecular weight excluding hydrogens is 350 g/mol. The van der Waals surface area contributed by atoms with Gasteiger partial charge >= 0.3 is 0 Å². The molecule has 0 saturated heterocycles. The van der Waals surface area contributed by atoms with Gasteiger partial charge in [0.05, 0.1) is 0 Å². The van der Waals surface area contributed by atoms with E-state index in [1.54, 1.807) is 0 Å². The van der Waals surface area contributed by atoms with Gasteiger partial charge in [-0.25, -0.2) is 0 Å². The fraction of sp³-hybridized carbons (Fsp3) is 0.208. The molecule has 1 N–H and O–H groups in total. The Labute approximate surface area is 164 Å². The van der Waals surface area contributed by atoms with E-state index in [-0.39, 0.29) is 5.91 Å². The number of para-hydroxylation sites is 1. The Morgan fingerprint density at radius 1 is 0.964 bits per heavy atom. The highest BCUT2D eigenvalue weighted by Gasteiger charge is 2.19. The number of carbonyl (C=O) groups is 1. The third-order valence-electron chi connectivity index (χ3n) is 5.07. The van der Waals surface area contributed by atoms with Crippen molar-refractivity contribution in [1.82, 2.24) is 0 Å². The number of benzene rings is 3. The van der Waals surface area contributed by atoms with E-state index in [1.165, 1.54) is 5.56 Å². The van der Waals surface area contributed by atoms with E-state index in [4.69, 9.17) is 9.15 Å². The molecule has 1 atom stereocenters. The molecule has 28 heavy (non-hydrogen) atoms. The molecule has 0 saturated carbocycles. The molecule has 3 aromatic carbocycles. The fourth-order valence-electron chi connectivity index (χ4n) is 3.30. The minimum atomic E-state index is -0.562. The van der Waals surface area contributed by atoms with Crippen LogP contribution in [0.3, 0.4) is 0 Å². The van der Waals surface area contributed by atoms with Crippen LogP contribution < -0.4 is 10.1 Å². The first kappa shape index (κ1) is 18.1. The number of amides is 1. The smallest absolute Gasteiger partial charge is 0.265 e. The van der Waals surface area contributed by atoms with E-state index < -0.39 is 6.10 Å². The van der Waals surface area contributed by atoms with Crippen LogP contribution in [0.5, 0.6) is 5.75 Å². The normalized spacial score (nSPS) is 12.2. The van der Waals surface area contributed by atoms with Crippen molar-refractivity contribution in [2.75, 3.05) is 5.32 Å². The van der Waals surface area contributed by atoms with Crippen LogP contribution >= 0.6 is 0 Å². The largest absolute Gasteiger partial charge is 0.481 e. The van der Waals surface area contributed by atoms with Crippen LogP contribution in [0.25, 0.3) is 21.9 Å². The lowest BCUT2D eigenvalue weighted by molar-refractivity contribution is -0.122. The summed E-state index contributed by atoms with van der Waals surface area (Å²) in [4.78, 5) is 12.7. The maximum absolute atomic E-state index is 12.7. The zero-order valence-electron chi connectivity index (χ0n) is 16.3. The number of carbonyl (C=O) groups excluding carboxylic acids is 1. The summed E-state index contributed by atoms with van der Waals surface area (Å²) in [5.41, 5.74) is 4.62. The Morgan fingerprint density at radius 3 is 2.54 bits per heavy atom. The number of fused-ring (bicyclic) bond motifs is 3. The van der Waals surface area contributed by atoms with Crippen LogP contribution in [-0.4, -0.2) is 12.0 Å². The summed E-state index contributed by atoms with van der Waals surface area (Å²) in [6.45, 7) is 6.02. The molecule has 4 nitrogen and oxygen atoms in total. The first-order chi connectivity index (χ1) is 13.5. The standard InChI is InChI=1S/C24H23NO3/c1-4-21(27-18-11-9-15(2)16(3)13-18)24(26)25-17-10-12-20-19-7-5-6-8-22(19)28-23(20)14-17/h5-14,21H,4H2,1-3H3,(H,25,26)/t21-/m1/s1. The molecule has 4 heteroatoms. The Morgan fingerprint density at radius 2 is 1.75 bits per heavy atom. The predicted molar refractivity (Wildman–Crippen MR) is 113 cm³/mol. The topological polar surface area (TPSA) is 51.5 Å². The molecule has 0 aliphatic carbocycles. The van der Waals surface area contributed by atoms with E-state index in [0.717, 1.165) is 27.5 Å². The third kappa shape index (κ3) is 3.46. The van der Waals surface area contributed by atoms with Gasteiger partial charge in [-0.1, -0.05) is 31.2 Å². The van der Waals surface area contributed by atoms with Gasteiger partial charge in [0.25, 0.3) is 5.91 Å². The Hall–Kier alpha value is -3.27. The zero-order valence-corrected chi connectivity index (χ0v) is 16.3. The molecule has 0 unspecified atom stereocenters. The van der Waals surface area contributed by atoms with Gasteiger partial charge in [0, 0.05) is 22.5 Å². The van der Waals surface area contributed by atoms with Gasteiger partial charge in [0.2, 0.25) is 0 Å². The highest BCUT2D eigenvalue weighted by Crippen LogP contribution is 2.30. The summed E-state index contributed by atoms with van der Waals surface area (Å²) >= 11 is 0. The number of furan rings is 1. The number of hydrogen-bond donors (Lipinski definition) is 1. The summed E-state index contributed by atoms with van der Waals surface area (Å²) in [6, 6.07) is 19.5. The van der Waals surface area contributed by atoms with Gasteiger partial charge in [0.15, 0.2) is 6.10 Å². The number of anilines is 1. The van der Waals surface area contributed by atoms with Crippen LogP contribution in [-0.2, 0) is 4.79 Å². The second-order valence-corrected chi connectivity index (χ2v) is 7.06. The molecule has 0 bridgehead atoms. The van der Waals surface area contributed by atoms with Gasteiger partial charge < -0.3 is 14.5 Å². The van der Waals surface area contributed by atoms with Crippen LogP contribution in [0.1, 0.15) is 24.5 Å². The van der Waals surface area contributed by atoms with E-state index in [9.17, 15) is 4.79 Å². The Bertz CT molecular complexity index is 1160. The number of aryl methyl sites for hydroxylation is 2. The Balaban J connectivity index is 1.53. The van der Waals surface area contributed by atoms with Crippen molar-refractivity contribution in [1.29, 1.82) is 0 Å². The molecule has 0 aliphatic heterocycles. The fourth-order valence-corrected chi connectivity index (χ4v) is 3.30. The molecule has 1 heterocycles. The van der Waals surface area contributed by atoms with E-state index in [0.29, 0.717) is 17.9 Å². The first-order valence-corrected chi connectivity index (χ1v) is 9.51. The molecule has 0 fully saturated rings. The molecule has 0 radical (unpaired) electrons. The average molecular weight is 373 g/mol. The van der Waals surface area contributed by atoms with Gasteiger partial charge in [0.1, 0.15) is 16.9 Å². The Kier molecular flexibility index (Phi) is 4.78. The third-order valence-corrected chi connectivity index (χ3v) is 5.07. The highest BCUT2D eigenvalue weighted by molar-refractivity contribution is 6.06. The highest BCUT2D eigenvalue weighted by atomic mass is 16.5. The molecule has 1 aromatic heterocycles. The summed E-state index contributed by atoms with van der Waals surface area (Å²) in [6.07, 6.45) is 0.0134. The summed E-state index contributed by atoms with van der Waals surface area (Å²) in [5, 5.41) is 5.06. The molecule has 142 valence electrons. The minimum Gasteiger partial charge on any atom is -0.481 e. The molecule has 0 spiro atoms. The summed E-state index contributed by atoms with van der Waals surface area (Å²) < 4.78 is 11.8. The van der Waals surface area contributed by atoms with Crippen molar-refractivity contribution < 1.29 is 13.9 Å². The predicted octanol–water partition coefficient (Wildman–Crippen LogP) is 6.00. The minimum absolute atomic E-state index is 0.170. The lowest BCUT2D eigenvalue weighted by Gasteiger charge is -2.18. The van der Waals surface area contributed by atoms with Gasteiger partial charge in [-0.05, 0) is 61.7 Å². The lowest BCUT2D eigenvalue weighted by atomic mass is 10.1. The quantitative estimate of drug-likeness (QED) is 0.467. The second kappa shape index (κ2) is 7.39. The van der Waals surface area contributed by atoms with Crippen LogP contribution in [0, 0.1) is 13.8 Å². The average Bonchev–Trinajstić information content (AvgIpc) is 3.06. The number of hydrogen-bond acceptors (Lipinski definition) is 3. The van der Waals surface area contributed by atoms with Crippen LogP contribution in [0.2, 0.25) is 0 Å². The van der Waals surface area contributed by atoms with Crippen molar-refractivity contribution in [2.45, 2.75) is 33.3 Å². The van der Waals surface area contributed by atoms with Crippen molar-refractivity contribution in [3.8, 4) is 5.75 Å². The lowest BCUT2D eigenvalue weighted by Crippen LogP contribution is -2.32. The second-order valence-electron chi connectivity index (χ2n) is 7.06. The van der Waals surface area contributed by atoms with E-state index in [2.05, 4.69) is 12.2 Å². The first-order valence-electron chi connectivity index (χ1n) is 9.51. The monoisotopic (exact) mass is 373 g/mol. The number of ether oxygens (including phenoxy) is 1. The molecular formula is C24H23NO3. The zero-order chi connectivity index (χ0) is 19.7. The van der Waals surface area contributed by atoms with Gasteiger partial charge in [-0.15, -0.1) is 0 Å². The van der Waals surface area contributed by atoms with Gasteiger partial charge in [-0.3, -0.25) is 4.79 Å². The van der Waals surface area contributed by atoms with Crippen molar-refractivity contribution >= 4 is 33.5 Å². The van der Waals surface area contributed by atoms with E-state index >= 15 is 0 Å². The molecule has 4 aromatic rings. The maximum Gasteiger partial charge on any atom is 0.265 e. The maximum atomic E-state index is 12.7. The number of rotatable bonds is 5.